The fourth-order valence-electron chi connectivity index (χ4n) is 1.79. The number of amidine groups is 1. The summed E-state index contributed by atoms with van der Waals surface area (Å²) in [7, 11) is 1.35. The summed E-state index contributed by atoms with van der Waals surface area (Å²) in [6.07, 6.45) is 1.34. The number of para-hydroxylation sites is 1. The number of nitrogens with two attached hydrogens (primary N) is 1. The molecule has 19 heavy (non-hydrogen) atoms. The zero-order valence-corrected chi connectivity index (χ0v) is 10.2. The van der Waals surface area contributed by atoms with Gasteiger partial charge in [0, 0.05) is 0 Å². The van der Waals surface area contributed by atoms with Gasteiger partial charge < -0.3 is 10.9 Å². The summed E-state index contributed by atoms with van der Waals surface area (Å²) in [5, 5.41) is 11.5. The van der Waals surface area contributed by atoms with E-state index in [-0.39, 0.29) is 5.84 Å². The van der Waals surface area contributed by atoms with E-state index in [4.69, 9.17) is 10.9 Å². The number of benzene rings is 1. The molecule has 0 bridgehead atoms. The Hall–Kier alpha value is -2.70. The summed E-state index contributed by atoms with van der Waals surface area (Å²) in [4.78, 5) is 24.9. The van der Waals surface area contributed by atoms with E-state index in [1.807, 2.05) is 6.07 Å². The quantitative estimate of drug-likeness (QED) is 0.264. The predicted octanol–water partition coefficient (Wildman–Crippen LogP) is 0.356. The second kappa shape index (κ2) is 4.89. The number of nitrogens with zero attached hydrogens (tertiary/aromatic N) is 3. The largest absolute Gasteiger partial charge is 0.505 e. The number of amides is 3. The lowest BCUT2D eigenvalue weighted by molar-refractivity contribution is -0.342. The molecule has 3 amide bonds. The molecular formula is C12H13N4O3+. The summed E-state index contributed by atoms with van der Waals surface area (Å²) in [6.45, 7) is 0. The average Bonchev–Trinajstić information content (AvgIpc) is 2.45. The van der Waals surface area contributed by atoms with E-state index in [1.54, 1.807) is 24.3 Å². The third-order valence-corrected chi connectivity index (χ3v) is 2.86. The third-order valence-electron chi connectivity index (χ3n) is 2.86. The van der Waals surface area contributed by atoms with Crippen LogP contribution in [0.2, 0.25) is 0 Å². The van der Waals surface area contributed by atoms with E-state index in [0.717, 1.165) is 4.90 Å². The van der Waals surface area contributed by atoms with E-state index in [0.29, 0.717) is 5.69 Å². The van der Waals surface area contributed by atoms with Crippen molar-refractivity contribution in [1.82, 2.24) is 4.90 Å². The molecule has 0 fully saturated rings. The van der Waals surface area contributed by atoms with Gasteiger partial charge >= 0.3 is 11.9 Å². The van der Waals surface area contributed by atoms with Crippen molar-refractivity contribution in [1.29, 1.82) is 0 Å². The van der Waals surface area contributed by atoms with Crippen LogP contribution in [0.25, 0.3) is 0 Å². The molecule has 0 saturated heterocycles. The lowest BCUT2D eigenvalue weighted by Gasteiger charge is -2.19. The molecule has 98 valence electrons. The fraction of sp³-hybridized carbons (Fsp3) is 0.167. The van der Waals surface area contributed by atoms with E-state index >= 15 is 0 Å². The number of carbonyl (C=O) groups is 2. The molecule has 0 radical (unpaired) electrons. The van der Waals surface area contributed by atoms with Crippen LogP contribution in [0.5, 0.6) is 0 Å². The Morgan fingerprint density at radius 3 is 2.58 bits per heavy atom. The standard InChI is InChI=1S/C12H12N4O3/c1-15-11(17)9(10(13)14-19)7-16(12(15)18)8-5-3-2-4-6-8/h2-7,9H,1H3,(H2-,13,14,19)/p+1. The molecule has 7 nitrogen and oxygen atoms in total. The van der Waals surface area contributed by atoms with E-state index in [9.17, 15) is 9.59 Å². The van der Waals surface area contributed by atoms with Crippen molar-refractivity contribution in [2.75, 3.05) is 7.05 Å². The van der Waals surface area contributed by atoms with Crippen LogP contribution in [0.1, 0.15) is 0 Å². The number of hydrogen-bond acceptors (Lipinski definition) is 4. The van der Waals surface area contributed by atoms with Crippen LogP contribution < -0.4 is 5.73 Å². The first-order chi connectivity index (χ1) is 9.06. The Bertz CT molecular complexity index is 580. The smallest absolute Gasteiger partial charge is 0.409 e. The molecule has 0 aliphatic carbocycles. The lowest BCUT2D eigenvalue weighted by atomic mass is 10.1. The predicted molar refractivity (Wildman–Crippen MR) is 67.5 cm³/mol. The fourth-order valence-corrected chi connectivity index (χ4v) is 1.79. The normalized spacial score (nSPS) is 20.5. The minimum absolute atomic E-state index is 0.259. The summed E-state index contributed by atoms with van der Waals surface area (Å²) in [5.41, 5.74) is 6.07. The molecule has 1 aliphatic rings. The summed E-state index contributed by atoms with van der Waals surface area (Å²) < 4.78 is 1.30. The van der Waals surface area contributed by atoms with Crippen LogP contribution in [0.3, 0.4) is 0 Å². The number of hydrogen-bond donors (Lipinski definition) is 2. The first-order valence-electron chi connectivity index (χ1n) is 5.54. The van der Waals surface area contributed by atoms with Gasteiger partial charge in [-0.2, -0.15) is 14.3 Å². The van der Waals surface area contributed by atoms with Crippen LogP contribution in [0.15, 0.2) is 35.5 Å². The van der Waals surface area contributed by atoms with Gasteiger partial charge in [-0.15, -0.1) is 0 Å². The second-order valence-electron chi connectivity index (χ2n) is 4.04. The van der Waals surface area contributed by atoms with Crippen LogP contribution >= 0.6 is 0 Å². The zero-order chi connectivity index (χ0) is 14.0. The van der Waals surface area contributed by atoms with Gasteiger partial charge in [-0.3, -0.25) is 0 Å². The maximum atomic E-state index is 12.0. The van der Waals surface area contributed by atoms with Gasteiger partial charge in [0.05, 0.1) is 13.3 Å². The molecule has 3 N–H and O–H groups in total. The number of carbonyl (C=O) groups excluding carboxylic acids is 2. The molecule has 0 saturated carbocycles. The van der Waals surface area contributed by atoms with Crippen LogP contribution in [0, 0.1) is 5.92 Å². The maximum Gasteiger partial charge on any atom is 0.505 e. The first kappa shape index (κ1) is 12.7. The van der Waals surface area contributed by atoms with Gasteiger partial charge in [-0.25, -0.2) is 4.79 Å². The van der Waals surface area contributed by atoms with Gasteiger partial charge in [0.2, 0.25) is 0 Å². The Morgan fingerprint density at radius 2 is 2.00 bits per heavy atom. The van der Waals surface area contributed by atoms with Crippen molar-refractivity contribution in [2.45, 2.75) is 0 Å². The summed E-state index contributed by atoms with van der Waals surface area (Å²) in [6, 6.07) is 8.31. The topological polar surface area (TPSA) is 99.0 Å². The van der Waals surface area contributed by atoms with Crippen LogP contribution in [0.4, 0.5) is 10.5 Å². The molecule has 7 heteroatoms. The van der Waals surface area contributed by atoms with Crippen LogP contribution in [-0.2, 0) is 4.79 Å². The van der Waals surface area contributed by atoms with E-state index in [2.05, 4.69) is 5.16 Å². The highest BCUT2D eigenvalue weighted by atomic mass is 16.4. The van der Waals surface area contributed by atoms with Crippen molar-refractivity contribution in [2.24, 2.45) is 16.8 Å². The second-order valence-corrected chi connectivity index (χ2v) is 4.04. The number of urea groups is 1. The van der Waals surface area contributed by atoms with Crippen molar-refractivity contribution >= 4 is 29.7 Å². The minimum atomic E-state index is -0.965. The highest BCUT2D eigenvalue weighted by Crippen LogP contribution is 2.17. The van der Waals surface area contributed by atoms with E-state index < -0.39 is 17.9 Å². The number of rotatable bonds is 2. The van der Waals surface area contributed by atoms with Crippen molar-refractivity contribution < 1.29 is 19.4 Å². The Kier molecular flexibility index (Phi) is 3.28. The molecule has 1 atom stereocenters. The van der Waals surface area contributed by atoms with Crippen molar-refractivity contribution in [3.8, 4) is 0 Å². The molecule has 0 aromatic heterocycles. The Balaban J connectivity index is 2.52. The molecule has 0 spiro atoms. The summed E-state index contributed by atoms with van der Waals surface area (Å²) >= 11 is 0. The first-order valence-corrected chi connectivity index (χ1v) is 5.54. The van der Waals surface area contributed by atoms with Gasteiger partial charge in [0.15, 0.2) is 11.8 Å². The monoisotopic (exact) mass is 261 g/mol. The number of oxime groups is 1. The highest BCUT2D eigenvalue weighted by molar-refractivity contribution is 6.18. The molecular weight excluding hydrogens is 248 g/mol. The van der Waals surface area contributed by atoms with Gasteiger partial charge in [-0.05, 0) is 12.1 Å². The average molecular weight is 261 g/mol. The molecule has 1 aromatic carbocycles. The van der Waals surface area contributed by atoms with Gasteiger partial charge in [0.1, 0.15) is 5.69 Å². The Morgan fingerprint density at radius 1 is 1.37 bits per heavy atom. The third kappa shape index (κ3) is 2.17. The highest BCUT2D eigenvalue weighted by Gasteiger charge is 2.43. The minimum Gasteiger partial charge on any atom is -0.409 e. The number of imide groups is 1. The Labute approximate surface area is 109 Å². The van der Waals surface area contributed by atoms with E-state index in [1.165, 1.54) is 17.8 Å². The van der Waals surface area contributed by atoms with Crippen molar-refractivity contribution in [3.05, 3.63) is 30.3 Å². The van der Waals surface area contributed by atoms with Crippen LogP contribution in [-0.4, -0.2) is 45.7 Å². The molecule has 1 aliphatic heterocycles. The zero-order valence-electron chi connectivity index (χ0n) is 10.2. The molecule has 1 aromatic rings. The molecule has 2 rings (SSSR count). The van der Waals surface area contributed by atoms with Crippen molar-refractivity contribution in [3.63, 3.8) is 0 Å². The van der Waals surface area contributed by atoms with Gasteiger partial charge in [-0.1, -0.05) is 23.4 Å². The SMILES string of the molecule is CN1C(=O)C(/C(N)=N/O)C=[N+](c2ccccc2)C1=O. The van der Waals surface area contributed by atoms with Gasteiger partial charge in [0.25, 0.3) is 0 Å². The molecule has 1 unspecified atom stereocenters. The molecule has 1 heterocycles. The lowest BCUT2D eigenvalue weighted by Crippen LogP contribution is -2.51. The maximum absolute atomic E-state index is 12.0. The summed E-state index contributed by atoms with van der Waals surface area (Å²) in [5.74, 6) is -1.76.